The van der Waals surface area contributed by atoms with Crippen molar-refractivity contribution >= 4 is 22.6 Å². The summed E-state index contributed by atoms with van der Waals surface area (Å²) in [5.41, 5.74) is 0.377. The SMILES string of the molecule is Oc1ncnc2c1cnn2-c1c(F)cccc1Cl. The van der Waals surface area contributed by atoms with Crippen LogP contribution in [0, 0.1) is 5.82 Å². The van der Waals surface area contributed by atoms with E-state index in [2.05, 4.69) is 15.1 Å². The minimum atomic E-state index is -0.523. The Kier molecular flexibility index (Phi) is 2.38. The average molecular weight is 265 g/mol. The number of aromatic hydroxyl groups is 1. The van der Waals surface area contributed by atoms with Gasteiger partial charge in [-0.3, -0.25) is 0 Å². The van der Waals surface area contributed by atoms with Crippen LogP contribution in [0.4, 0.5) is 4.39 Å². The van der Waals surface area contributed by atoms with Crippen molar-refractivity contribution in [2.24, 2.45) is 0 Å². The summed E-state index contributed by atoms with van der Waals surface area (Å²) < 4.78 is 15.0. The molecule has 3 rings (SSSR count). The average Bonchev–Trinajstić information content (AvgIpc) is 2.75. The van der Waals surface area contributed by atoms with Crippen molar-refractivity contribution in [3.8, 4) is 11.6 Å². The van der Waals surface area contributed by atoms with Crippen molar-refractivity contribution < 1.29 is 9.50 Å². The second kappa shape index (κ2) is 3.92. The van der Waals surface area contributed by atoms with Crippen LogP contribution >= 0.6 is 11.6 Å². The standard InChI is InChI=1S/C11H6ClFN4O/c12-7-2-1-3-8(13)9(7)17-10-6(4-16-17)11(18)15-5-14-10/h1-5H,(H,14,15,18). The number of hydrogen-bond donors (Lipinski definition) is 1. The lowest BCUT2D eigenvalue weighted by Gasteiger charge is -2.06. The molecule has 0 aliphatic carbocycles. The van der Waals surface area contributed by atoms with E-state index in [9.17, 15) is 9.50 Å². The zero-order valence-corrected chi connectivity index (χ0v) is 9.63. The van der Waals surface area contributed by atoms with Gasteiger partial charge in [0.15, 0.2) is 5.65 Å². The molecule has 18 heavy (non-hydrogen) atoms. The molecule has 0 radical (unpaired) electrons. The first-order valence-electron chi connectivity index (χ1n) is 5.00. The molecular weight excluding hydrogens is 259 g/mol. The minimum absolute atomic E-state index is 0.0901. The van der Waals surface area contributed by atoms with Crippen molar-refractivity contribution in [3.05, 3.63) is 41.6 Å². The number of para-hydroxylation sites is 1. The van der Waals surface area contributed by atoms with Crippen molar-refractivity contribution in [3.63, 3.8) is 0 Å². The van der Waals surface area contributed by atoms with Crippen LogP contribution in [0.3, 0.4) is 0 Å². The molecule has 0 fully saturated rings. The van der Waals surface area contributed by atoms with E-state index in [-0.39, 0.29) is 22.2 Å². The van der Waals surface area contributed by atoms with Gasteiger partial charge in [0.2, 0.25) is 5.88 Å². The predicted molar refractivity (Wildman–Crippen MR) is 63.3 cm³/mol. The Balaban J connectivity index is 2.36. The van der Waals surface area contributed by atoms with Crippen LogP contribution < -0.4 is 0 Å². The third-order valence-corrected chi connectivity index (χ3v) is 2.80. The van der Waals surface area contributed by atoms with Crippen molar-refractivity contribution in [1.82, 2.24) is 19.7 Å². The second-order valence-electron chi connectivity index (χ2n) is 3.56. The van der Waals surface area contributed by atoms with Crippen LogP contribution in [0.2, 0.25) is 5.02 Å². The molecule has 0 spiro atoms. The Labute approximate surface area is 105 Å². The minimum Gasteiger partial charge on any atom is -0.493 e. The molecule has 0 saturated heterocycles. The van der Waals surface area contributed by atoms with Crippen LogP contribution in [0.5, 0.6) is 5.88 Å². The van der Waals surface area contributed by atoms with E-state index in [0.29, 0.717) is 5.39 Å². The lowest BCUT2D eigenvalue weighted by molar-refractivity contribution is 0.459. The number of halogens is 2. The van der Waals surface area contributed by atoms with E-state index in [4.69, 9.17) is 11.6 Å². The van der Waals surface area contributed by atoms with Crippen LogP contribution in [0.15, 0.2) is 30.7 Å². The first kappa shape index (κ1) is 10.9. The largest absolute Gasteiger partial charge is 0.493 e. The number of aromatic nitrogens is 4. The Morgan fingerprint density at radius 3 is 2.89 bits per heavy atom. The first-order chi connectivity index (χ1) is 8.68. The summed E-state index contributed by atoms with van der Waals surface area (Å²) in [6.45, 7) is 0. The molecule has 90 valence electrons. The molecule has 0 bridgehead atoms. The van der Waals surface area contributed by atoms with E-state index in [1.54, 1.807) is 6.07 Å². The highest BCUT2D eigenvalue weighted by Crippen LogP contribution is 2.27. The topological polar surface area (TPSA) is 63.8 Å². The van der Waals surface area contributed by atoms with Crippen LogP contribution in [0.25, 0.3) is 16.7 Å². The Hall–Kier alpha value is -2.21. The van der Waals surface area contributed by atoms with Gasteiger partial charge in [-0.2, -0.15) is 5.10 Å². The molecule has 0 unspecified atom stereocenters. The van der Waals surface area contributed by atoms with Crippen LogP contribution in [-0.2, 0) is 0 Å². The molecule has 5 nitrogen and oxygen atoms in total. The highest BCUT2D eigenvalue weighted by molar-refractivity contribution is 6.32. The van der Waals surface area contributed by atoms with Gasteiger partial charge in [0.1, 0.15) is 23.2 Å². The quantitative estimate of drug-likeness (QED) is 0.733. The van der Waals surface area contributed by atoms with Crippen molar-refractivity contribution in [2.75, 3.05) is 0 Å². The van der Waals surface area contributed by atoms with Crippen molar-refractivity contribution in [1.29, 1.82) is 0 Å². The summed E-state index contributed by atoms with van der Waals surface area (Å²) >= 11 is 5.95. The van der Waals surface area contributed by atoms with Gasteiger partial charge in [0.05, 0.1) is 11.2 Å². The highest BCUT2D eigenvalue weighted by Gasteiger charge is 2.15. The normalized spacial score (nSPS) is 11.0. The molecule has 0 aliphatic rings. The van der Waals surface area contributed by atoms with Gasteiger partial charge in [-0.05, 0) is 12.1 Å². The monoisotopic (exact) mass is 264 g/mol. The fraction of sp³-hybridized carbons (Fsp3) is 0. The van der Waals surface area contributed by atoms with Gasteiger partial charge >= 0.3 is 0 Å². The molecule has 0 amide bonds. The summed E-state index contributed by atoms with van der Waals surface area (Å²) in [4.78, 5) is 7.59. The Morgan fingerprint density at radius 1 is 1.28 bits per heavy atom. The summed E-state index contributed by atoms with van der Waals surface area (Å²) in [6.07, 6.45) is 2.53. The molecular formula is C11H6ClFN4O. The lowest BCUT2D eigenvalue weighted by Crippen LogP contribution is -2.01. The van der Waals surface area contributed by atoms with Gasteiger partial charge in [-0.15, -0.1) is 0 Å². The van der Waals surface area contributed by atoms with Gasteiger partial charge in [0.25, 0.3) is 0 Å². The van der Waals surface area contributed by atoms with Gasteiger partial charge < -0.3 is 5.11 Å². The van der Waals surface area contributed by atoms with Gasteiger partial charge in [0, 0.05) is 0 Å². The molecule has 0 atom stereocenters. The maximum absolute atomic E-state index is 13.8. The third kappa shape index (κ3) is 1.50. The lowest BCUT2D eigenvalue weighted by atomic mass is 10.3. The maximum atomic E-state index is 13.8. The molecule has 1 N–H and O–H groups in total. The Morgan fingerprint density at radius 2 is 2.11 bits per heavy atom. The summed E-state index contributed by atoms with van der Waals surface area (Å²) in [5.74, 6) is -0.732. The number of rotatable bonds is 1. The highest BCUT2D eigenvalue weighted by atomic mass is 35.5. The molecule has 3 aromatic rings. The molecule has 1 aromatic carbocycles. The zero-order chi connectivity index (χ0) is 12.7. The first-order valence-corrected chi connectivity index (χ1v) is 5.38. The summed E-state index contributed by atoms with van der Waals surface area (Å²) in [5, 5.41) is 14.1. The molecule has 0 aliphatic heterocycles. The van der Waals surface area contributed by atoms with E-state index >= 15 is 0 Å². The van der Waals surface area contributed by atoms with Crippen LogP contribution in [-0.4, -0.2) is 24.9 Å². The molecule has 2 heterocycles. The van der Waals surface area contributed by atoms with E-state index in [0.717, 1.165) is 0 Å². The Bertz CT molecular complexity index is 723. The molecule has 0 saturated carbocycles. The van der Waals surface area contributed by atoms with Gasteiger partial charge in [-0.1, -0.05) is 17.7 Å². The summed E-state index contributed by atoms with van der Waals surface area (Å²) in [6, 6.07) is 4.32. The second-order valence-corrected chi connectivity index (χ2v) is 3.97. The van der Waals surface area contributed by atoms with E-state index in [1.165, 1.54) is 29.3 Å². The molecule has 7 heteroatoms. The number of hydrogen-bond acceptors (Lipinski definition) is 4. The summed E-state index contributed by atoms with van der Waals surface area (Å²) in [7, 11) is 0. The maximum Gasteiger partial charge on any atom is 0.225 e. The number of nitrogens with zero attached hydrogens (tertiary/aromatic N) is 4. The fourth-order valence-corrected chi connectivity index (χ4v) is 1.93. The predicted octanol–water partition coefficient (Wildman–Crippen LogP) is 2.31. The van der Waals surface area contributed by atoms with E-state index in [1.807, 2.05) is 0 Å². The van der Waals surface area contributed by atoms with Crippen LogP contribution in [0.1, 0.15) is 0 Å². The smallest absolute Gasteiger partial charge is 0.225 e. The molecule has 2 aromatic heterocycles. The van der Waals surface area contributed by atoms with Gasteiger partial charge in [-0.25, -0.2) is 19.0 Å². The number of fused-ring (bicyclic) bond motifs is 1. The third-order valence-electron chi connectivity index (χ3n) is 2.49. The number of benzene rings is 1. The fourth-order valence-electron chi connectivity index (χ4n) is 1.69. The van der Waals surface area contributed by atoms with Crippen molar-refractivity contribution in [2.45, 2.75) is 0 Å². The van der Waals surface area contributed by atoms with E-state index < -0.39 is 5.82 Å². The zero-order valence-electron chi connectivity index (χ0n) is 8.88.